The summed E-state index contributed by atoms with van der Waals surface area (Å²) in [6, 6.07) is 17.4. The van der Waals surface area contributed by atoms with Gasteiger partial charge in [0.2, 0.25) is 0 Å². The van der Waals surface area contributed by atoms with Crippen molar-refractivity contribution in [3.05, 3.63) is 77.2 Å². The molecule has 0 saturated carbocycles. The highest BCUT2D eigenvalue weighted by Gasteiger charge is 2.30. The minimum Gasteiger partial charge on any atom is -0.444 e. The second kappa shape index (κ2) is 12.8. The van der Waals surface area contributed by atoms with Crippen LogP contribution in [0.1, 0.15) is 62.2 Å². The summed E-state index contributed by atoms with van der Waals surface area (Å²) in [5.41, 5.74) is 5.50. The third-order valence-corrected chi connectivity index (χ3v) is 8.46. The molecule has 7 nitrogen and oxygen atoms in total. The number of imidazole rings is 1. The van der Waals surface area contributed by atoms with E-state index in [1.165, 1.54) is 16.7 Å². The van der Waals surface area contributed by atoms with Crippen molar-refractivity contribution in [1.82, 2.24) is 19.8 Å². The molecule has 3 heterocycles. The molecule has 2 aliphatic rings. The fourth-order valence-electron chi connectivity index (χ4n) is 5.30. The van der Waals surface area contributed by atoms with Gasteiger partial charge in [-0.2, -0.15) is 11.8 Å². The maximum absolute atomic E-state index is 11.8. The van der Waals surface area contributed by atoms with Crippen molar-refractivity contribution in [3.63, 3.8) is 0 Å². The molecule has 1 aromatic heterocycles. The largest absolute Gasteiger partial charge is 0.444 e. The van der Waals surface area contributed by atoms with Crippen LogP contribution in [0.15, 0.2) is 54.7 Å². The van der Waals surface area contributed by atoms with E-state index < -0.39 is 5.60 Å². The molecule has 2 aromatic carbocycles. The van der Waals surface area contributed by atoms with Crippen LogP contribution in [0.5, 0.6) is 0 Å². The van der Waals surface area contributed by atoms with Gasteiger partial charge in [0, 0.05) is 49.4 Å². The summed E-state index contributed by atoms with van der Waals surface area (Å²) >= 11 is 1.79. The van der Waals surface area contributed by atoms with Gasteiger partial charge in [0.15, 0.2) is 0 Å². The van der Waals surface area contributed by atoms with Gasteiger partial charge in [-0.25, -0.2) is 9.78 Å². The molecule has 8 heteroatoms. The molecular weight excluding hydrogens is 520 g/mol. The van der Waals surface area contributed by atoms with Crippen molar-refractivity contribution in [1.29, 1.82) is 0 Å². The zero-order chi connectivity index (χ0) is 28.1. The number of amides is 1. The van der Waals surface area contributed by atoms with Gasteiger partial charge in [0.25, 0.3) is 0 Å². The number of hydrogen-bond acceptors (Lipinski definition) is 6. The van der Waals surface area contributed by atoms with E-state index in [1.54, 1.807) is 11.8 Å². The van der Waals surface area contributed by atoms with Crippen LogP contribution in [0.25, 0.3) is 11.3 Å². The van der Waals surface area contributed by atoms with Gasteiger partial charge in [-0.3, -0.25) is 0 Å². The SMILES string of the molecule is CN1CCC(OC2c3ccccc3CCn3cc(-c4ccc(CSCCNC(=O)OC(C)(C)C)cc4)nc32)CC1. The van der Waals surface area contributed by atoms with Gasteiger partial charge >= 0.3 is 6.09 Å². The lowest BCUT2D eigenvalue weighted by molar-refractivity contribution is -0.0275. The maximum atomic E-state index is 11.8. The molecule has 40 heavy (non-hydrogen) atoms. The first-order valence-corrected chi connectivity index (χ1v) is 15.5. The third kappa shape index (κ3) is 7.47. The highest BCUT2D eigenvalue weighted by atomic mass is 32.2. The number of thioether (sulfide) groups is 1. The Morgan fingerprint density at radius 3 is 2.58 bits per heavy atom. The van der Waals surface area contributed by atoms with Gasteiger partial charge in [-0.05, 0) is 63.8 Å². The fraction of sp³-hybridized carbons (Fsp3) is 0.500. The van der Waals surface area contributed by atoms with E-state index in [0.29, 0.717) is 6.54 Å². The Morgan fingerprint density at radius 1 is 1.07 bits per heavy atom. The summed E-state index contributed by atoms with van der Waals surface area (Å²) in [5.74, 6) is 2.73. The number of ether oxygens (including phenoxy) is 2. The number of fused-ring (bicyclic) bond motifs is 2. The smallest absolute Gasteiger partial charge is 0.407 e. The third-order valence-electron chi connectivity index (χ3n) is 7.43. The van der Waals surface area contributed by atoms with Crippen molar-refractivity contribution in [2.75, 3.05) is 32.4 Å². The van der Waals surface area contributed by atoms with Crippen LogP contribution >= 0.6 is 11.8 Å². The van der Waals surface area contributed by atoms with E-state index in [4.69, 9.17) is 14.5 Å². The predicted octanol–water partition coefficient (Wildman–Crippen LogP) is 6.06. The minimum absolute atomic E-state index is 0.147. The molecule has 1 amide bonds. The molecule has 1 fully saturated rings. The predicted molar refractivity (Wildman–Crippen MR) is 162 cm³/mol. The summed E-state index contributed by atoms with van der Waals surface area (Å²) in [5, 5.41) is 2.82. The lowest BCUT2D eigenvalue weighted by Gasteiger charge is -2.32. The standard InChI is InChI=1S/C32H42N4O3S/c1-32(2,3)39-31(37)33-16-20-40-22-23-9-11-25(12-10-23)28-21-36-19-13-24-7-5-6-8-27(24)29(30(36)34-28)38-26-14-17-35(4)18-15-26/h5-12,21,26,29H,13-20,22H2,1-4H3,(H,33,37). The molecule has 1 atom stereocenters. The van der Waals surface area contributed by atoms with Crippen LogP contribution in [-0.4, -0.2) is 64.7 Å². The molecule has 1 unspecified atom stereocenters. The summed E-state index contributed by atoms with van der Waals surface area (Å²) in [4.78, 5) is 19.3. The van der Waals surface area contributed by atoms with Crippen LogP contribution in [0.2, 0.25) is 0 Å². The van der Waals surface area contributed by atoms with Crippen LogP contribution < -0.4 is 5.32 Å². The quantitative estimate of drug-likeness (QED) is 0.337. The van der Waals surface area contributed by atoms with E-state index in [-0.39, 0.29) is 18.3 Å². The van der Waals surface area contributed by atoms with Gasteiger partial charge in [0.05, 0.1) is 11.8 Å². The summed E-state index contributed by atoms with van der Waals surface area (Å²) in [6.07, 6.45) is 5.02. The van der Waals surface area contributed by atoms with Gasteiger partial charge < -0.3 is 24.3 Å². The van der Waals surface area contributed by atoms with E-state index >= 15 is 0 Å². The normalized spacial score (nSPS) is 18.1. The Balaban J connectivity index is 1.23. The topological polar surface area (TPSA) is 68.6 Å². The van der Waals surface area contributed by atoms with Crippen LogP contribution in [0, 0.1) is 0 Å². The van der Waals surface area contributed by atoms with Gasteiger partial charge in [-0.1, -0.05) is 48.5 Å². The molecule has 3 aromatic rings. The highest BCUT2D eigenvalue weighted by molar-refractivity contribution is 7.98. The number of alkyl carbamates (subject to hydrolysis) is 1. The number of carbonyl (C=O) groups excluding carboxylic acids is 1. The summed E-state index contributed by atoms with van der Waals surface area (Å²) < 4.78 is 14.4. The Labute approximate surface area is 242 Å². The van der Waals surface area contributed by atoms with E-state index in [0.717, 1.165) is 67.5 Å². The number of benzene rings is 2. The first kappa shape index (κ1) is 28.7. The average molecular weight is 563 g/mol. The average Bonchev–Trinajstić information content (AvgIpc) is 3.29. The zero-order valence-corrected chi connectivity index (χ0v) is 25.0. The van der Waals surface area contributed by atoms with Crippen LogP contribution in [0.4, 0.5) is 4.79 Å². The molecule has 214 valence electrons. The van der Waals surface area contributed by atoms with Crippen LogP contribution in [0.3, 0.4) is 0 Å². The van der Waals surface area contributed by atoms with Gasteiger partial charge in [-0.15, -0.1) is 0 Å². The van der Waals surface area contributed by atoms with Crippen molar-refractivity contribution >= 4 is 17.9 Å². The number of hydrogen-bond donors (Lipinski definition) is 1. The number of nitrogens with zero attached hydrogens (tertiary/aromatic N) is 3. The molecule has 0 radical (unpaired) electrons. The summed E-state index contributed by atoms with van der Waals surface area (Å²) in [7, 11) is 2.18. The molecular formula is C32H42N4O3S. The van der Waals surface area contributed by atoms with E-state index in [2.05, 4.69) is 76.6 Å². The number of likely N-dealkylation sites (tertiary alicyclic amines) is 1. The molecule has 0 spiro atoms. The Morgan fingerprint density at radius 2 is 1.82 bits per heavy atom. The second-order valence-electron chi connectivity index (χ2n) is 11.8. The number of aryl methyl sites for hydroxylation is 2. The number of carbonyl (C=O) groups is 1. The number of piperidine rings is 1. The van der Waals surface area contributed by atoms with Crippen molar-refractivity contribution in [2.45, 2.75) is 70.1 Å². The molecule has 1 N–H and O–H groups in total. The number of aromatic nitrogens is 2. The molecule has 0 bridgehead atoms. The van der Waals surface area contributed by atoms with Crippen LogP contribution in [-0.2, 0) is 28.2 Å². The molecule has 2 aliphatic heterocycles. The molecule has 5 rings (SSSR count). The lowest BCUT2D eigenvalue weighted by atomic mass is 10.00. The number of rotatable bonds is 8. The van der Waals surface area contributed by atoms with Gasteiger partial charge in [0.1, 0.15) is 17.5 Å². The lowest BCUT2D eigenvalue weighted by Crippen LogP contribution is -2.35. The maximum Gasteiger partial charge on any atom is 0.407 e. The van der Waals surface area contributed by atoms with E-state index in [1.807, 2.05) is 20.8 Å². The Kier molecular flexibility index (Phi) is 9.18. The molecule has 0 aliphatic carbocycles. The van der Waals surface area contributed by atoms with Crippen molar-refractivity contribution < 1.29 is 14.3 Å². The fourth-order valence-corrected chi connectivity index (χ4v) is 6.12. The second-order valence-corrected chi connectivity index (χ2v) is 12.9. The zero-order valence-electron chi connectivity index (χ0n) is 24.2. The Hall–Kier alpha value is -2.81. The van der Waals surface area contributed by atoms with Crippen molar-refractivity contribution in [3.8, 4) is 11.3 Å². The van der Waals surface area contributed by atoms with Crippen molar-refractivity contribution in [2.24, 2.45) is 0 Å². The minimum atomic E-state index is -0.475. The van der Waals surface area contributed by atoms with E-state index in [9.17, 15) is 4.79 Å². The summed E-state index contributed by atoms with van der Waals surface area (Å²) in [6.45, 7) is 9.24. The monoisotopic (exact) mass is 562 g/mol. The highest BCUT2D eigenvalue weighted by Crippen LogP contribution is 2.36. The molecule has 1 saturated heterocycles. The Bertz CT molecular complexity index is 1280. The first-order chi connectivity index (χ1) is 19.2. The first-order valence-electron chi connectivity index (χ1n) is 14.4. The number of nitrogens with one attached hydrogen (secondary N) is 1.